The molecule has 1 aromatic rings. The van der Waals surface area contributed by atoms with Crippen molar-refractivity contribution < 1.29 is 14.0 Å². The highest BCUT2D eigenvalue weighted by Crippen LogP contribution is 2.29. The zero-order chi connectivity index (χ0) is 13.2. The molecule has 0 unspecified atom stereocenters. The van der Waals surface area contributed by atoms with Gasteiger partial charge in [0.25, 0.3) is 0 Å². The first-order valence-electron chi connectivity index (χ1n) is 5.66. The molecule has 0 aliphatic carbocycles. The molecule has 0 amide bonds. The van der Waals surface area contributed by atoms with Crippen LogP contribution in [0.5, 0.6) is 5.75 Å². The van der Waals surface area contributed by atoms with Crippen LogP contribution in [0.2, 0.25) is 0 Å². The number of hydrogen-bond acceptors (Lipinski definition) is 4. The molecule has 0 spiro atoms. The summed E-state index contributed by atoms with van der Waals surface area (Å²) in [5.74, 6) is 1.23. The van der Waals surface area contributed by atoms with E-state index in [1.807, 2.05) is 32.0 Å². The van der Waals surface area contributed by atoms with E-state index in [2.05, 4.69) is 6.58 Å². The third-order valence-electron chi connectivity index (χ3n) is 2.76. The maximum absolute atomic E-state index is 8.48. The van der Waals surface area contributed by atoms with Gasteiger partial charge in [-0.2, -0.15) is 5.26 Å². The van der Waals surface area contributed by atoms with Crippen LogP contribution in [0.3, 0.4) is 0 Å². The zero-order valence-electron chi connectivity index (χ0n) is 10.5. The Balaban J connectivity index is 2.15. The lowest BCUT2D eigenvalue weighted by Crippen LogP contribution is -2.34. The van der Waals surface area contributed by atoms with Gasteiger partial charge in [-0.25, -0.2) is 0 Å². The van der Waals surface area contributed by atoms with Gasteiger partial charge in [-0.3, -0.25) is 0 Å². The fraction of sp³-hybridized carbons (Fsp3) is 0.308. The van der Waals surface area contributed by atoms with E-state index in [1.54, 1.807) is 12.1 Å². The molecule has 92 valence electrons. The molecule has 1 aromatic carbocycles. The second-order valence-corrected chi connectivity index (χ2v) is 4.52. The third-order valence-corrected chi connectivity index (χ3v) is 2.76. The van der Waals surface area contributed by atoms with Gasteiger partial charge in [0.2, 0.25) is 0 Å². The Morgan fingerprint density at radius 2 is 2.28 bits per heavy atom. The van der Waals surface area contributed by atoms with E-state index >= 15 is 0 Å². The van der Waals surface area contributed by atoms with Crippen LogP contribution in [-0.2, 0) is 9.31 Å². The Morgan fingerprint density at radius 1 is 1.50 bits per heavy atom. The fourth-order valence-electron chi connectivity index (χ4n) is 1.63. The predicted octanol–water partition coefficient (Wildman–Crippen LogP) is 1.62. The molecule has 0 aromatic heterocycles. The summed E-state index contributed by atoms with van der Waals surface area (Å²) in [6, 6.07) is 9.24. The Labute approximate surface area is 107 Å². The number of nitriles is 1. The average molecular weight is 243 g/mol. The van der Waals surface area contributed by atoms with Gasteiger partial charge in [0.15, 0.2) is 6.61 Å². The van der Waals surface area contributed by atoms with Crippen molar-refractivity contribution in [3.8, 4) is 11.8 Å². The number of benzene rings is 1. The summed E-state index contributed by atoms with van der Waals surface area (Å²) in [4.78, 5) is 0. The Morgan fingerprint density at radius 3 is 2.89 bits per heavy atom. The van der Waals surface area contributed by atoms with Gasteiger partial charge in [0.05, 0.1) is 5.76 Å². The van der Waals surface area contributed by atoms with E-state index in [0.29, 0.717) is 11.5 Å². The molecule has 0 atom stereocenters. The SMILES string of the molecule is C=C1OB(c2cccc(OCC#N)c2)OC1(C)C. The minimum atomic E-state index is -0.492. The maximum atomic E-state index is 8.48. The standard InChI is InChI=1S/C13H14BNO3/c1-10-13(2,3)18-14(17-10)11-5-4-6-12(9-11)16-8-7-15/h4-6,9H,1,8H2,2-3H3. The van der Waals surface area contributed by atoms with Crippen LogP contribution in [0.1, 0.15) is 13.8 Å². The molecule has 1 saturated heterocycles. The van der Waals surface area contributed by atoms with Gasteiger partial charge >= 0.3 is 7.12 Å². The quantitative estimate of drug-likeness (QED) is 0.757. The van der Waals surface area contributed by atoms with E-state index in [0.717, 1.165) is 5.46 Å². The maximum Gasteiger partial charge on any atom is 0.563 e. The molecule has 1 fully saturated rings. The lowest BCUT2D eigenvalue weighted by atomic mass is 9.79. The van der Waals surface area contributed by atoms with Crippen molar-refractivity contribution in [2.75, 3.05) is 6.61 Å². The molecule has 0 radical (unpaired) electrons. The summed E-state index contributed by atoms with van der Waals surface area (Å²) >= 11 is 0. The molecule has 1 aliphatic heterocycles. The molecule has 5 heteroatoms. The van der Waals surface area contributed by atoms with Gasteiger partial charge in [0, 0.05) is 5.46 Å². The lowest BCUT2D eigenvalue weighted by molar-refractivity contribution is 0.173. The second kappa shape index (κ2) is 4.75. The van der Waals surface area contributed by atoms with E-state index in [-0.39, 0.29) is 6.61 Å². The van der Waals surface area contributed by atoms with Crippen molar-refractivity contribution in [3.05, 3.63) is 36.6 Å². The van der Waals surface area contributed by atoms with Gasteiger partial charge in [-0.1, -0.05) is 18.7 Å². The van der Waals surface area contributed by atoms with Crippen LogP contribution in [0.15, 0.2) is 36.6 Å². The average Bonchev–Trinajstić information content (AvgIpc) is 2.62. The van der Waals surface area contributed by atoms with Crippen LogP contribution in [0, 0.1) is 11.3 Å². The first kappa shape index (κ1) is 12.5. The lowest BCUT2D eigenvalue weighted by Gasteiger charge is -2.15. The molecular weight excluding hydrogens is 229 g/mol. The molecule has 2 rings (SSSR count). The van der Waals surface area contributed by atoms with Gasteiger partial charge in [0.1, 0.15) is 17.4 Å². The first-order chi connectivity index (χ1) is 8.53. The normalized spacial score (nSPS) is 17.2. The largest absolute Gasteiger partial charge is 0.563 e. The smallest absolute Gasteiger partial charge is 0.534 e. The Bertz CT molecular complexity index is 507. The highest BCUT2D eigenvalue weighted by molar-refractivity contribution is 6.62. The minimum Gasteiger partial charge on any atom is -0.534 e. The molecule has 0 bridgehead atoms. The molecule has 18 heavy (non-hydrogen) atoms. The van der Waals surface area contributed by atoms with Gasteiger partial charge in [-0.15, -0.1) is 0 Å². The summed E-state index contributed by atoms with van der Waals surface area (Å²) in [5.41, 5.74) is 0.353. The van der Waals surface area contributed by atoms with E-state index in [1.165, 1.54) is 0 Å². The monoisotopic (exact) mass is 243 g/mol. The second-order valence-electron chi connectivity index (χ2n) is 4.52. The summed E-state index contributed by atoms with van der Waals surface area (Å²) in [6.45, 7) is 7.67. The summed E-state index contributed by atoms with van der Waals surface area (Å²) < 4.78 is 16.6. The minimum absolute atomic E-state index is 0.0219. The molecule has 0 saturated carbocycles. The van der Waals surface area contributed by atoms with Crippen molar-refractivity contribution in [1.29, 1.82) is 5.26 Å². The molecular formula is C13H14BNO3. The summed E-state index contributed by atoms with van der Waals surface area (Å²) in [5, 5.41) is 8.48. The van der Waals surface area contributed by atoms with Crippen molar-refractivity contribution in [1.82, 2.24) is 0 Å². The number of nitrogens with zero attached hydrogens (tertiary/aromatic N) is 1. The zero-order valence-corrected chi connectivity index (χ0v) is 10.5. The van der Waals surface area contributed by atoms with Crippen molar-refractivity contribution in [3.63, 3.8) is 0 Å². The topological polar surface area (TPSA) is 51.5 Å². The van der Waals surface area contributed by atoms with Crippen LogP contribution in [0.4, 0.5) is 0 Å². The number of ether oxygens (including phenoxy) is 1. The summed E-state index contributed by atoms with van der Waals surface area (Å²) in [7, 11) is -0.474. The van der Waals surface area contributed by atoms with Crippen LogP contribution in [0.25, 0.3) is 0 Å². The van der Waals surface area contributed by atoms with Crippen molar-refractivity contribution >= 4 is 12.6 Å². The molecule has 0 N–H and O–H groups in total. The van der Waals surface area contributed by atoms with Crippen LogP contribution < -0.4 is 10.2 Å². The molecule has 4 nitrogen and oxygen atoms in total. The van der Waals surface area contributed by atoms with E-state index < -0.39 is 12.7 Å². The third kappa shape index (κ3) is 2.49. The van der Waals surface area contributed by atoms with Crippen molar-refractivity contribution in [2.45, 2.75) is 19.4 Å². The number of hydrogen-bond donors (Lipinski definition) is 0. The van der Waals surface area contributed by atoms with Crippen LogP contribution in [-0.4, -0.2) is 19.3 Å². The highest BCUT2D eigenvalue weighted by atomic mass is 16.7. The summed E-state index contributed by atoms with van der Waals surface area (Å²) in [6.07, 6.45) is 0. The first-order valence-corrected chi connectivity index (χ1v) is 5.66. The predicted molar refractivity (Wildman–Crippen MR) is 68.3 cm³/mol. The van der Waals surface area contributed by atoms with Crippen molar-refractivity contribution in [2.24, 2.45) is 0 Å². The van der Waals surface area contributed by atoms with Gasteiger partial charge in [-0.05, 0) is 26.0 Å². The van der Waals surface area contributed by atoms with E-state index in [4.69, 9.17) is 19.3 Å². The van der Waals surface area contributed by atoms with Crippen LogP contribution >= 0.6 is 0 Å². The highest BCUT2D eigenvalue weighted by Gasteiger charge is 2.42. The fourth-order valence-corrected chi connectivity index (χ4v) is 1.63. The Hall–Kier alpha value is -1.93. The molecule has 1 heterocycles. The Kier molecular flexibility index (Phi) is 3.31. The number of rotatable bonds is 3. The van der Waals surface area contributed by atoms with E-state index in [9.17, 15) is 0 Å². The van der Waals surface area contributed by atoms with Gasteiger partial charge < -0.3 is 14.0 Å². The molecule has 1 aliphatic rings.